The fourth-order valence-electron chi connectivity index (χ4n) is 3.79. The van der Waals surface area contributed by atoms with Gasteiger partial charge in [0.2, 0.25) is 0 Å². The summed E-state index contributed by atoms with van der Waals surface area (Å²) in [5.74, 6) is 0.656. The van der Waals surface area contributed by atoms with Crippen LogP contribution < -0.4 is 9.47 Å². The lowest BCUT2D eigenvalue weighted by atomic mass is 10.1. The highest BCUT2D eigenvalue weighted by atomic mass is 35.5. The van der Waals surface area contributed by atoms with Gasteiger partial charge in [-0.1, -0.05) is 35.9 Å². The molecule has 1 saturated heterocycles. The second-order valence-corrected chi connectivity index (χ2v) is 9.83. The number of ether oxygens (including phenoxy) is 3. The zero-order valence-corrected chi connectivity index (χ0v) is 23.6. The van der Waals surface area contributed by atoms with Crippen molar-refractivity contribution in [2.24, 2.45) is 4.99 Å². The third kappa shape index (κ3) is 7.22. The van der Waals surface area contributed by atoms with Crippen LogP contribution in [0.2, 0.25) is 5.02 Å². The highest BCUT2D eigenvalue weighted by Gasteiger charge is 2.32. The first-order chi connectivity index (χ1) is 18.9. The van der Waals surface area contributed by atoms with E-state index in [2.05, 4.69) is 4.99 Å². The van der Waals surface area contributed by atoms with E-state index < -0.39 is 5.97 Å². The predicted octanol–water partition coefficient (Wildman–Crippen LogP) is 7.12. The van der Waals surface area contributed by atoms with Gasteiger partial charge in [0.05, 0.1) is 29.4 Å². The Morgan fingerprint density at radius 3 is 2.49 bits per heavy atom. The predicted molar refractivity (Wildman–Crippen MR) is 156 cm³/mol. The number of carbonyl (C=O) groups excluding carboxylic acids is 2. The Hall–Kier alpha value is -3.75. The van der Waals surface area contributed by atoms with Gasteiger partial charge in [-0.15, -0.1) is 0 Å². The van der Waals surface area contributed by atoms with E-state index >= 15 is 0 Å². The molecule has 1 amide bonds. The number of likely N-dealkylation sites (N-methyl/N-ethyl adjacent to an activating group) is 1. The van der Waals surface area contributed by atoms with Gasteiger partial charge in [0.1, 0.15) is 6.61 Å². The second kappa shape index (κ2) is 13.4. The first-order valence-corrected chi connectivity index (χ1v) is 13.8. The minimum Gasteiger partial charge on any atom is -0.490 e. The Kier molecular flexibility index (Phi) is 9.68. The van der Waals surface area contributed by atoms with Crippen LogP contribution in [0.3, 0.4) is 0 Å². The standard InChI is InChI=1S/C30H29ClN2O5S/c1-4-33-28(34)27(39-30(33)32-24-9-7-8-22(18-24)29(35)37-6-3)17-21-12-15-25(26(16-21)36-5-2)38-19-20-10-13-23(31)14-11-20/h7-18H,4-6,19H2,1-3H3. The minimum atomic E-state index is -0.409. The number of amidine groups is 1. The fraction of sp³-hybridized carbons (Fsp3) is 0.233. The number of esters is 1. The largest absolute Gasteiger partial charge is 0.490 e. The summed E-state index contributed by atoms with van der Waals surface area (Å²) in [5.41, 5.74) is 2.76. The van der Waals surface area contributed by atoms with Crippen molar-refractivity contribution in [3.63, 3.8) is 0 Å². The number of hydrogen-bond donors (Lipinski definition) is 0. The van der Waals surface area contributed by atoms with Gasteiger partial charge in [-0.3, -0.25) is 9.69 Å². The van der Waals surface area contributed by atoms with Gasteiger partial charge in [0, 0.05) is 11.6 Å². The maximum atomic E-state index is 13.2. The number of thioether (sulfide) groups is 1. The molecule has 0 aliphatic carbocycles. The van der Waals surface area contributed by atoms with Crippen molar-refractivity contribution in [2.45, 2.75) is 27.4 Å². The molecule has 7 nitrogen and oxygen atoms in total. The lowest BCUT2D eigenvalue weighted by Crippen LogP contribution is -2.28. The van der Waals surface area contributed by atoms with E-state index in [9.17, 15) is 9.59 Å². The molecule has 1 aliphatic heterocycles. The molecule has 3 aromatic rings. The molecule has 0 N–H and O–H groups in total. The Balaban J connectivity index is 1.55. The first kappa shape index (κ1) is 28.3. The van der Waals surface area contributed by atoms with Gasteiger partial charge in [0.25, 0.3) is 5.91 Å². The van der Waals surface area contributed by atoms with Crippen LogP contribution in [0.1, 0.15) is 42.3 Å². The quantitative estimate of drug-likeness (QED) is 0.193. The van der Waals surface area contributed by atoms with Gasteiger partial charge >= 0.3 is 5.97 Å². The Morgan fingerprint density at radius 1 is 0.974 bits per heavy atom. The zero-order valence-electron chi connectivity index (χ0n) is 22.0. The van der Waals surface area contributed by atoms with Gasteiger partial charge in [-0.2, -0.15) is 0 Å². The average Bonchev–Trinajstić information content (AvgIpc) is 3.22. The number of halogens is 1. The molecule has 9 heteroatoms. The third-order valence-corrected chi connectivity index (χ3v) is 6.92. The van der Waals surface area contributed by atoms with Crippen LogP contribution in [-0.4, -0.2) is 41.7 Å². The molecule has 0 aromatic heterocycles. The van der Waals surface area contributed by atoms with Crippen molar-refractivity contribution in [3.05, 3.63) is 93.3 Å². The molecule has 1 aliphatic rings. The summed E-state index contributed by atoms with van der Waals surface area (Å²) in [6.07, 6.45) is 1.82. The number of rotatable bonds is 10. The topological polar surface area (TPSA) is 77.4 Å². The normalized spacial score (nSPS) is 15.2. The lowest BCUT2D eigenvalue weighted by molar-refractivity contribution is -0.122. The average molecular weight is 565 g/mol. The number of nitrogens with zero attached hydrogens (tertiary/aromatic N) is 2. The molecule has 4 rings (SSSR count). The summed E-state index contributed by atoms with van der Waals surface area (Å²) >= 11 is 7.26. The smallest absolute Gasteiger partial charge is 0.338 e. The minimum absolute atomic E-state index is 0.135. The summed E-state index contributed by atoms with van der Waals surface area (Å²) in [6.45, 7) is 7.15. The van der Waals surface area contributed by atoms with Crippen molar-refractivity contribution in [2.75, 3.05) is 19.8 Å². The Bertz CT molecular complexity index is 1400. The van der Waals surface area contributed by atoms with Crippen molar-refractivity contribution in [3.8, 4) is 11.5 Å². The molecule has 0 spiro atoms. The number of benzene rings is 3. The molecule has 202 valence electrons. The van der Waals surface area contributed by atoms with Crippen molar-refractivity contribution < 1.29 is 23.8 Å². The van der Waals surface area contributed by atoms with Gasteiger partial charge in [-0.05, 0) is 92.2 Å². The summed E-state index contributed by atoms with van der Waals surface area (Å²) in [7, 11) is 0. The summed E-state index contributed by atoms with van der Waals surface area (Å²) in [4.78, 5) is 32.1. The molecule has 3 aromatic carbocycles. The highest BCUT2D eigenvalue weighted by Crippen LogP contribution is 2.36. The van der Waals surface area contributed by atoms with Crippen molar-refractivity contribution in [1.29, 1.82) is 0 Å². The van der Waals surface area contributed by atoms with E-state index in [1.165, 1.54) is 11.8 Å². The number of amides is 1. The summed E-state index contributed by atoms with van der Waals surface area (Å²) in [5, 5.41) is 1.22. The lowest BCUT2D eigenvalue weighted by Gasteiger charge is -2.13. The van der Waals surface area contributed by atoms with Gasteiger partial charge in [-0.25, -0.2) is 9.79 Å². The number of carbonyl (C=O) groups is 2. The van der Waals surface area contributed by atoms with Crippen LogP contribution in [0.4, 0.5) is 5.69 Å². The van der Waals surface area contributed by atoms with Crippen molar-refractivity contribution >= 4 is 52.2 Å². The van der Waals surface area contributed by atoms with Gasteiger partial charge in [0.15, 0.2) is 16.7 Å². The summed E-state index contributed by atoms with van der Waals surface area (Å²) in [6, 6.07) is 19.9. The van der Waals surface area contributed by atoms with E-state index in [1.807, 2.05) is 62.4 Å². The van der Waals surface area contributed by atoms with Crippen LogP contribution >= 0.6 is 23.4 Å². The SMILES string of the molecule is CCOC(=O)c1cccc(N=C2SC(=Cc3ccc(OCc4ccc(Cl)cc4)c(OCC)c3)C(=O)N2CC)c1. The molecular formula is C30H29ClN2O5S. The maximum Gasteiger partial charge on any atom is 0.338 e. The van der Waals surface area contributed by atoms with Crippen LogP contribution in [0.15, 0.2) is 76.6 Å². The van der Waals surface area contributed by atoms with E-state index in [1.54, 1.807) is 36.1 Å². The molecular weight excluding hydrogens is 536 g/mol. The van der Waals surface area contributed by atoms with Crippen molar-refractivity contribution in [1.82, 2.24) is 4.90 Å². The Labute approximate surface area is 237 Å². The van der Waals surface area contributed by atoms with E-state index in [4.69, 9.17) is 25.8 Å². The zero-order chi connectivity index (χ0) is 27.8. The van der Waals surface area contributed by atoms with Crippen LogP contribution in [0.25, 0.3) is 6.08 Å². The highest BCUT2D eigenvalue weighted by molar-refractivity contribution is 8.18. The Morgan fingerprint density at radius 2 is 1.77 bits per heavy atom. The summed E-state index contributed by atoms with van der Waals surface area (Å²) < 4.78 is 16.9. The molecule has 39 heavy (non-hydrogen) atoms. The molecule has 1 heterocycles. The van der Waals surface area contributed by atoms with Crippen LogP contribution in [0, 0.1) is 0 Å². The molecule has 0 bridgehead atoms. The molecule has 0 saturated carbocycles. The first-order valence-electron chi connectivity index (χ1n) is 12.6. The molecule has 1 fully saturated rings. The van der Waals surface area contributed by atoms with Gasteiger partial charge < -0.3 is 14.2 Å². The van der Waals surface area contributed by atoms with E-state index in [0.717, 1.165) is 11.1 Å². The van der Waals surface area contributed by atoms with Crippen LogP contribution in [0.5, 0.6) is 11.5 Å². The maximum absolute atomic E-state index is 13.2. The number of hydrogen-bond acceptors (Lipinski definition) is 7. The van der Waals surface area contributed by atoms with E-state index in [-0.39, 0.29) is 5.91 Å². The molecule has 0 atom stereocenters. The third-order valence-electron chi connectivity index (χ3n) is 5.66. The van der Waals surface area contributed by atoms with Crippen LogP contribution in [-0.2, 0) is 16.1 Å². The molecule has 0 unspecified atom stereocenters. The second-order valence-electron chi connectivity index (χ2n) is 8.38. The number of aliphatic imine (C=N–C) groups is 1. The fourth-order valence-corrected chi connectivity index (χ4v) is 4.98. The van der Waals surface area contributed by atoms with E-state index in [0.29, 0.717) is 64.2 Å². The molecule has 0 radical (unpaired) electrons. The monoisotopic (exact) mass is 564 g/mol.